The van der Waals surface area contributed by atoms with Crippen molar-refractivity contribution in [3.05, 3.63) is 0 Å². The normalized spacial score (nSPS) is 13.1. The summed E-state index contributed by atoms with van der Waals surface area (Å²) >= 11 is 0. The lowest BCUT2D eigenvalue weighted by atomic mass is 10.4. The minimum Gasteiger partial charge on any atom is -0.418 e. The van der Waals surface area contributed by atoms with Crippen molar-refractivity contribution in [3.8, 4) is 0 Å². The molecule has 98 valence electrons. The highest BCUT2D eigenvalue weighted by atomic mass is 28.4. The number of unbranched alkanes of at least 4 members (excludes halogenated alkanes) is 1. The van der Waals surface area contributed by atoms with Crippen molar-refractivity contribution in [3.63, 3.8) is 0 Å². The lowest BCUT2D eigenvalue weighted by Gasteiger charge is -2.24. The van der Waals surface area contributed by atoms with Gasteiger partial charge in [0.25, 0.3) is 0 Å². The summed E-state index contributed by atoms with van der Waals surface area (Å²) in [6, 6.07) is 2.58. The van der Waals surface area contributed by atoms with Gasteiger partial charge < -0.3 is 8.85 Å². The van der Waals surface area contributed by atoms with E-state index in [0.29, 0.717) is 0 Å². The van der Waals surface area contributed by atoms with E-state index in [1.165, 1.54) is 24.9 Å². The number of hydrogen-bond donors (Lipinski definition) is 0. The Morgan fingerprint density at radius 2 is 1.00 bits per heavy atom. The lowest BCUT2D eigenvalue weighted by Crippen LogP contribution is -2.31. The van der Waals surface area contributed by atoms with Gasteiger partial charge in [-0.2, -0.15) is 0 Å². The molecule has 0 saturated heterocycles. The van der Waals surface area contributed by atoms with Crippen LogP contribution in [0.15, 0.2) is 0 Å². The monoisotopic (exact) mass is 262 g/mol. The van der Waals surface area contributed by atoms with Crippen LogP contribution in [0.4, 0.5) is 0 Å². The van der Waals surface area contributed by atoms with Gasteiger partial charge in [-0.25, -0.2) is 0 Å². The molecule has 0 aromatic rings. The maximum Gasteiger partial charge on any atom is 0.186 e. The van der Waals surface area contributed by atoms with Gasteiger partial charge in [0.05, 0.1) is 0 Å². The average Bonchev–Trinajstić information content (AvgIpc) is 2.12. The topological polar surface area (TPSA) is 18.5 Å². The first-order valence-electron chi connectivity index (χ1n) is 6.61. The number of hydrogen-bond acceptors (Lipinski definition) is 2. The van der Waals surface area contributed by atoms with Crippen LogP contribution in [0.5, 0.6) is 0 Å². The Kier molecular flexibility index (Phi) is 7.80. The summed E-state index contributed by atoms with van der Waals surface area (Å²) in [4.78, 5) is 0. The molecule has 2 nitrogen and oxygen atoms in total. The highest BCUT2D eigenvalue weighted by Crippen LogP contribution is 2.20. The van der Waals surface area contributed by atoms with Gasteiger partial charge in [-0.3, -0.25) is 0 Å². The van der Waals surface area contributed by atoms with Crippen molar-refractivity contribution in [1.29, 1.82) is 0 Å². The third kappa shape index (κ3) is 8.50. The Morgan fingerprint density at radius 1 is 0.688 bits per heavy atom. The van der Waals surface area contributed by atoms with Crippen LogP contribution in [-0.4, -0.2) is 29.8 Å². The number of rotatable bonds is 9. The average molecular weight is 263 g/mol. The first kappa shape index (κ1) is 16.4. The summed E-state index contributed by atoms with van der Waals surface area (Å²) in [7, 11) is -2.69. The fourth-order valence-corrected chi connectivity index (χ4v) is 6.08. The molecule has 4 heteroatoms. The standard InChI is InChI=1S/C12H30O2Si2/c1-7-13-15(3,4)11-9-10-12-16(5,6)14-8-2/h7-12H2,1-6H3. The molecule has 0 aromatic carbocycles. The fourth-order valence-electron chi connectivity index (χ4n) is 2.03. The summed E-state index contributed by atoms with van der Waals surface area (Å²) in [6.45, 7) is 15.2. The van der Waals surface area contributed by atoms with E-state index >= 15 is 0 Å². The molecular weight excluding hydrogens is 232 g/mol. The third-order valence-corrected chi connectivity index (χ3v) is 8.13. The van der Waals surface area contributed by atoms with Crippen LogP contribution in [0.3, 0.4) is 0 Å². The molecule has 0 aromatic heterocycles. The van der Waals surface area contributed by atoms with Gasteiger partial charge in [-0.05, 0) is 52.1 Å². The van der Waals surface area contributed by atoms with E-state index in [-0.39, 0.29) is 0 Å². The highest BCUT2D eigenvalue weighted by Gasteiger charge is 2.24. The minimum atomic E-state index is -1.34. The van der Waals surface area contributed by atoms with Crippen molar-refractivity contribution in [2.45, 2.75) is 65.0 Å². The summed E-state index contributed by atoms with van der Waals surface area (Å²) in [6.07, 6.45) is 2.62. The Hall–Kier alpha value is 0.354. The summed E-state index contributed by atoms with van der Waals surface area (Å²) < 4.78 is 11.7. The first-order chi connectivity index (χ1) is 7.33. The zero-order chi connectivity index (χ0) is 12.7. The zero-order valence-electron chi connectivity index (χ0n) is 12.1. The predicted octanol–water partition coefficient (Wildman–Crippen LogP) is 4.25. The molecule has 0 radical (unpaired) electrons. The van der Waals surface area contributed by atoms with Crippen LogP contribution in [-0.2, 0) is 8.85 Å². The molecule has 0 amide bonds. The molecular formula is C12H30O2Si2. The first-order valence-corrected chi connectivity index (χ1v) is 12.8. The molecule has 0 aliphatic heterocycles. The van der Waals surface area contributed by atoms with Gasteiger partial charge in [0.15, 0.2) is 16.6 Å². The highest BCUT2D eigenvalue weighted by molar-refractivity contribution is 6.71. The Balaban J connectivity index is 3.67. The quantitative estimate of drug-likeness (QED) is 0.457. The lowest BCUT2D eigenvalue weighted by molar-refractivity contribution is 0.324. The second kappa shape index (κ2) is 7.64. The van der Waals surface area contributed by atoms with Crippen molar-refractivity contribution in [2.75, 3.05) is 13.2 Å². The van der Waals surface area contributed by atoms with Crippen LogP contribution in [0.1, 0.15) is 26.7 Å². The zero-order valence-corrected chi connectivity index (χ0v) is 14.1. The second-order valence-electron chi connectivity index (χ2n) is 5.59. The third-order valence-electron chi connectivity index (χ3n) is 2.88. The van der Waals surface area contributed by atoms with Gasteiger partial charge >= 0.3 is 0 Å². The van der Waals surface area contributed by atoms with Gasteiger partial charge in [0.1, 0.15) is 0 Å². The smallest absolute Gasteiger partial charge is 0.186 e. The molecule has 0 atom stereocenters. The minimum absolute atomic E-state index is 0.873. The molecule has 0 aliphatic rings. The summed E-state index contributed by atoms with van der Waals surface area (Å²) in [5.41, 5.74) is 0. The van der Waals surface area contributed by atoms with E-state index in [1.54, 1.807) is 0 Å². The Labute approximate surface area is 104 Å². The van der Waals surface area contributed by atoms with Gasteiger partial charge in [-0.15, -0.1) is 0 Å². The molecule has 0 saturated carbocycles. The fraction of sp³-hybridized carbons (Fsp3) is 1.00. The van der Waals surface area contributed by atoms with Crippen LogP contribution in [0.2, 0.25) is 38.3 Å². The van der Waals surface area contributed by atoms with E-state index < -0.39 is 16.6 Å². The molecule has 0 spiro atoms. The van der Waals surface area contributed by atoms with Gasteiger partial charge in [-0.1, -0.05) is 12.8 Å². The van der Waals surface area contributed by atoms with Crippen LogP contribution in [0, 0.1) is 0 Å². The largest absolute Gasteiger partial charge is 0.418 e. The molecule has 0 unspecified atom stereocenters. The van der Waals surface area contributed by atoms with E-state index in [9.17, 15) is 0 Å². The molecule has 0 aliphatic carbocycles. The van der Waals surface area contributed by atoms with Crippen LogP contribution in [0.25, 0.3) is 0 Å². The molecule has 0 N–H and O–H groups in total. The Bertz CT molecular complexity index is 162. The summed E-state index contributed by atoms with van der Waals surface area (Å²) in [5.74, 6) is 0. The Morgan fingerprint density at radius 3 is 1.25 bits per heavy atom. The molecule has 0 rings (SSSR count). The predicted molar refractivity (Wildman–Crippen MR) is 77.1 cm³/mol. The SMILES string of the molecule is CCO[Si](C)(C)CCCC[Si](C)(C)OCC. The summed E-state index contributed by atoms with van der Waals surface area (Å²) in [5, 5.41) is 0. The maximum atomic E-state index is 5.83. The van der Waals surface area contributed by atoms with Crippen molar-refractivity contribution < 1.29 is 8.85 Å². The van der Waals surface area contributed by atoms with Gasteiger partial charge in [0, 0.05) is 13.2 Å². The van der Waals surface area contributed by atoms with Crippen LogP contribution >= 0.6 is 0 Å². The van der Waals surface area contributed by atoms with E-state index in [2.05, 4.69) is 40.0 Å². The van der Waals surface area contributed by atoms with Crippen molar-refractivity contribution in [1.82, 2.24) is 0 Å². The maximum absolute atomic E-state index is 5.83. The van der Waals surface area contributed by atoms with E-state index in [1.807, 2.05) is 0 Å². The molecule has 0 heterocycles. The van der Waals surface area contributed by atoms with Crippen molar-refractivity contribution in [2.24, 2.45) is 0 Å². The molecule has 0 fully saturated rings. The van der Waals surface area contributed by atoms with Crippen LogP contribution < -0.4 is 0 Å². The molecule has 0 bridgehead atoms. The van der Waals surface area contributed by atoms with E-state index in [0.717, 1.165) is 13.2 Å². The van der Waals surface area contributed by atoms with Gasteiger partial charge in [0.2, 0.25) is 0 Å². The van der Waals surface area contributed by atoms with E-state index in [4.69, 9.17) is 8.85 Å². The second-order valence-corrected chi connectivity index (χ2v) is 14.2. The molecule has 16 heavy (non-hydrogen) atoms. The van der Waals surface area contributed by atoms with Crippen molar-refractivity contribution >= 4 is 16.6 Å².